The van der Waals surface area contributed by atoms with Crippen molar-refractivity contribution in [2.24, 2.45) is 0 Å². The Morgan fingerprint density at radius 2 is 0.712 bits per heavy atom. The topological polar surface area (TPSA) is 95.9 Å². The summed E-state index contributed by atoms with van der Waals surface area (Å²) in [5, 5.41) is 23.1. The summed E-state index contributed by atoms with van der Waals surface area (Å²) in [6, 6.07) is -0.655. The first-order valence-corrected chi connectivity index (χ1v) is 29.3. The van der Waals surface area contributed by atoms with Crippen LogP contribution in [0.2, 0.25) is 0 Å². The van der Waals surface area contributed by atoms with Crippen molar-refractivity contribution in [1.82, 2.24) is 5.32 Å². The highest BCUT2D eigenvalue weighted by Crippen LogP contribution is 2.16. The number of aliphatic hydroxyl groups is 2. The molecule has 0 saturated carbocycles. The average Bonchev–Trinajstić information content (AvgIpc) is 3.32. The van der Waals surface area contributed by atoms with Crippen molar-refractivity contribution in [1.29, 1.82) is 0 Å². The van der Waals surface area contributed by atoms with Crippen LogP contribution in [-0.2, 0) is 14.3 Å². The number of esters is 1. The normalized spacial score (nSPS) is 12.8. The van der Waals surface area contributed by atoms with Gasteiger partial charge in [0, 0.05) is 12.8 Å². The SMILES string of the molecule is CCCCCCCC/C=C\CCCCCCCCCC(=O)OCCCC/C=C\CCCCCCC(=O)NC(CO)C(O)/C=C/CCCCCCCCCCCCCCCCCCCCCC. The van der Waals surface area contributed by atoms with Crippen LogP contribution in [0.1, 0.15) is 309 Å². The third-order valence-corrected chi connectivity index (χ3v) is 13.4. The van der Waals surface area contributed by atoms with Gasteiger partial charge in [0.15, 0.2) is 0 Å². The number of carbonyl (C=O) groups is 2. The zero-order valence-corrected chi connectivity index (χ0v) is 44.2. The Bertz CT molecular complexity index is 1070. The minimum atomic E-state index is -0.868. The van der Waals surface area contributed by atoms with Gasteiger partial charge in [0.1, 0.15) is 0 Å². The van der Waals surface area contributed by atoms with Crippen molar-refractivity contribution in [2.45, 2.75) is 321 Å². The minimum Gasteiger partial charge on any atom is -0.466 e. The van der Waals surface area contributed by atoms with E-state index in [-0.39, 0.29) is 18.5 Å². The summed E-state index contributed by atoms with van der Waals surface area (Å²) in [7, 11) is 0. The Morgan fingerprint density at radius 1 is 0.409 bits per heavy atom. The Balaban J connectivity index is 3.54. The number of ether oxygens (including phenoxy) is 1. The van der Waals surface area contributed by atoms with E-state index in [1.807, 2.05) is 6.08 Å². The number of rotatable bonds is 54. The standard InChI is InChI=1S/C60H113NO5/c1-3-5-7-9-11-13-15-17-19-21-22-23-24-25-27-28-30-32-36-40-44-48-52-58(63)57(56-62)61-59(64)53-49-45-41-37-34-35-39-43-47-51-55-66-60(65)54-50-46-42-38-33-31-29-26-20-18-16-14-12-10-8-6-4-2/h18,20,35,39,48,52,57-58,62-63H,3-17,19,21-34,36-38,40-47,49-51,53-56H2,1-2H3,(H,61,64)/b20-18-,39-35-,52-48+. The van der Waals surface area contributed by atoms with Gasteiger partial charge in [-0.05, 0) is 83.5 Å². The fourth-order valence-electron chi connectivity index (χ4n) is 8.86. The molecule has 3 N–H and O–H groups in total. The van der Waals surface area contributed by atoms with Crippen LogP contribution in [0, 0.1) is 0 Å². The molecule has 0 spiro atoms. The highest BCUT2D eigenvalue weighted by molar-refractivity contribution is 5.76. The van der Waals surface area contributed by atoms with Gasteiger partial charge in [0.2, 0.25) is 5.91 Å². The molecule has 0 fully saturated rings. The monoisotopic (exact) mass is 928 g/mol. The lowest BCUT2D eigenvalue weighted by molar-refractivity contribution is -0.143. The van der Waals surface area contributed by atoms with E-state index in [9.17, 15) is 19.8 Å². The number of hydrogen-bond donors (Lipinski definition) is 3. The van der Waals surface area contributed by atoms with E-state index in [1.165, 1.54) is 205 Å². The molecule has 0 aliphatic heterocycles. The molecule has 2 unspecified atom stereocenters. The molecule has 6 heteroatoms. The first-order valence-electron chi connectivity index (χ1n) is 29.3. The van der Waals surface area contributed by atoms with Gasteiger partial charge in [0.25, 0.3) is 0 Å². The third-order valence-electron chi connectivity index (χ3n) is 13.4. The van der Waals surface area contributed by atoms with E-state index in [4.69, 9.17) is 4.74 Å². The molecule has 0 aromatic carbocycles. The second kappa shape index (κ2) is 55.7. The first kappa shape index (κ1) is 64.1. The van der Waals surface area contributed by atoms with Crippen molar-refractivity contribution >= 4 is 11.9 Å². The van der Waals surface area contributed by atoms with Crippen molar-refractivity contribution < 1.29 is 24.5 Å². The van der Waals surface area contributed by atoms with Gasteiger partial charge >= 0.3 is 5.97 Å². The lowest BCUT2D eigenvalue weighted by atomic mass is 10.0. The molecule has 0 aromatic rings. The van der Waals surface area contributed by atoms with Crippen LogP contribution >= 0.6 is 0 Å². The summed E-state index contributed by atoms with van der Waals surface area (Å²) in [6.07, 6.45) is 68.8. The van der Waals surface area contributed by atoms with Crippen LogP contribution in [0.15, 0.2) is 36.5 Å². The average molecular weight is 929 g/mol. The van der Waals surface area contributed by atoms with Crippen molar-refractivity contribution in [3.05, 3.63) is 36.5 Å². The van der Waals surface area contributed by atoms with Crippen LogP contribution in [0.3, 0.4) is 0 Å². The molecule has 0 aliphatic rings. The van der Waals surface area contributed by atoms with Crippen molar-refractivity contribution in [3.8, 4) is 0 Å². The summed E-state index contributed by atoms with van der Waals surface area (Å²) in [5.41, 5.74) is 0. The summed E-state index contributed by atoms with van der Waals surface area (Å²) in [6.45, 7) is 4.82. The van der Waals surface area contributed by atoms with E-state index >= 15 is 0 Å². The smallest absolute Gasteiger partial charge is 0.305 e. The zero-order chi connectivity index (χ0) is 47.9. The molecule has 0 bridgehead atoms. The van der Waals surface area contributed by atoms with Gasteiger partial charge in [0.05, 0.1) is 25.4 Å². The molecule has 0 aliphatic carbocycles. The Kier molecular flexibility index (Phi) is 54.1. The van der Waals surface area contributed by atoms with Crippen LogP contribution in [0.4, 0.5) is 0 Å². The number of hydrogen-bond acceptors (Lipinski definition) is 5. The van der Waals surface area contributed by atoms with Crippen molar-refractivity contribution in [2.75, 3.05) is 13.2 Å². The maximum atomic E-state index is 12.5. The number of nitrogens with one attached hydrogen (secondary N) is 1. The molecule has 2 atom stereocenters. The fourth-order valence-corrected chi connectivity index (χ4v) is 8.86. The Morgan fingerprint density at radius 3 is 1.08 bits per heavy atom. The quantitative estimate of drug-likeness (QED) is 0.0321. The molecular formula is C60H113NO5. The molecule has 0 saturated heterocycles. The molecule has 0 rings (SSSR count). The maximum Gasteiger partial charge on any atom is 0.305 e. The van der Waals surface area contributed by atoms with Crippen LogP contribution < -0.4 is 5.32 Å². The Hall–Kier alpha value is -1.92. The van der Waals surface area contributed by atoms with Gasteiger partial charge < -0.3 is 20.3 Å². The number of amides is 1. The van der Waals surface area contributed by atoms with Crippen LogP contribution in [-0.4, -0.2) is 47.4 Å². The zero-order valence-electron chi connectivity index (χ0n) is 44.2. The number of carbonyl (C=O) groups excluding carboxylic acids is 2. The van der Waals surface area contributed by atoms with Gasteiger partial charge in [-0.1, -0.05) is 249 Å². The number of unbranched alkanes of at least 4 members (excludes halogenated alkanes) is 39. The van der Waals surface area contributed by atoms with Gasteiger partial charge in [-0.15, -0.1) is 0 Å². The van der Waals surface area contributed by atoms with E-state index < -0.39 is 12.1 Å². The second-order valence-corrected chi connectivity index (χ2v) is 20.0. The Labute approximate surface area is 411 Å². The van der Waals surface area contributed by atoms with Crippen LogP contribution in [0.5, 0.6) is 0 Å². The first-order chi connectivity index (χ1) is 32.5. The van der Waals surface area contributed by atoms with E-state index in [0.29, 0.717) is 19.4 Å². The predicted octanol–water partition coefficient (Wildman–Crippen LogP) is 18.0. The number of allylic oxidation sites excluding steroid dienone is 5. The largest absolute Gasteiger partial charge is 0.466 e. The van der Waals surface area contributed by atoms with E-state index in [1.54, 1.807) is 6.08 Å². The summed E-state index contributed by atoms with van der Waals surface area (Å²) < 4.78 is 5.44. The summed E-state index contributed by atoms with van der Waals surface area (Å²) in [4.78, 5) is 24.5. The molecule has 0 aromatic heterocycles. The second-order valence-electron chi connectivity index (χ2n) is 20.0. The summed E-state index contributed by atoms with van der Waals surface area (Å²) >= 11 is 0. The van der Waals surface area contributed by atoms with E-state index in [0.717, 1.165) is 77.0 Å². The predicted molar refractivity (Wildman–Crippen MR) is 287 cm³/mol. The minimum absolute atomic E-state index is 0.0414. The highest BCUT2D eigenvalue weighted by atomic mass is 16.5. The highest BCUT2D eigenvalue weighted by Gasteiger charge is 2.18. The molecular weight excluding hydrogens is 815 g/mol. The molecule has 6 nitrogen and oxygen atoms in total. The molecule has 66 heavy (non-hydrogen) atoms. The lowest BCUT2D eigenvalue weighted by Crippen LogP contribution is -2.45. The molecule has 1 amide bonds. The molecule has 0 radical (unpaired) electrons. The maximum absolute atomic E-state index is 12.5. The fraction of sp³-hybridized carbons (Fsp3) is 0.867. The van der Waals surface area contributed by atoms with Crippen LogP contribution in [0.25, 0.3) is 0 Å². The van der Waals surface area contributed by atoms with Gasteiger partial charge in [-0.3, -0.25) is 9.59 Å². The van der Waals surface area contributed by atoms with Gasteiger partial charge in [-0.2, -0.15) is 0 Å². The third kappa shape index (κ3) is 51.5. The van der Waals surface area contributed by atoms with Crippen molar-refractivity contribution in [3.63, 3.8) is 0 Å². The van der Waals surface area contributed by atoms with Gasteiger partial charge in [-0.25, -0.2) is 0 Å². The molecule has 0 heterocycles. The summed E-state index contributed by atoms with van der Waals surface area (Å²) in [5.74, 6) is -0.143. The van der Waals surface area contributed by atoms with E-state index in [2.05, 4.69) is 43.5 Å². The lowest BCUT2D eigenvalue weighted by Gasteiger charge is -2.20. The number of aliphatic hydroxyl groups excluding tert-OH is 2. The molecule has 388 valence electrons.